The van der Waals surface area contributed by atoms with Gasteiger partial charge in [-0.1, -0.05) is 35.4 Å². The lowest BCUT2D eigenvalue weighted by Gasteiger charge is -2.38. The lowest BCUT2D eigenvalue weighted by atomic mass is 9.79. The molecule has 2 aliphatic rings. The second-order valence-corrected chi connectivity index (χ2v) is 5.49. The second-order valence-electron chi connectivity index (χ2n) is 4.65. The number of carboxylic acid groups (broad SMARTS) is 1. The van der Waals surface area contributed by atoms with E-state index < -0.39 is 12.0 Å². The number of anilines is 1. The first-order chi connectivity index (χ1) is 8.58. The number of carboxylic acids is 1. The van der Waals surface area contributed by atoms with Crippen molar-refractivity contribution >= 4 is 34.9 Å². The summed E-state index contributed by atoms with van der Waals surface area (Å²) in [6, 6.07) is 2.74. The van der Waals surface area contributed by atoms with Crippen molar-refractivity contribution in [3.63, 3.8) is 0 Å². The first-order valence-corrected chi connectivity index (χ1v) is 6.46. The molecule has 18 heavy (non-hydrogen) atoms. The molecule has 0 radical (unpaired) electrons. The van der Waals surface area contributed by atoms with Gasteiger partial charge in [-0.05, 0) is 30.0 Å². The molecule has 94 valence electrons. The van der Waals surface area contributed by atoms with Crippen LogP contribution in [0.25, 0.3) is 0 Å². The van der Waals surface area contributed by atoms with E-state index in [0.717, 1.165) is 12.0 Å². The Kier molecular flexibility index (Phi) is 2.76. The van der Waals surface area contributed by atoms with E-state index in [1.165, 1.54) is 0 Å². The third kappa shape index (κ3) is 1.70. The van der Waals surface area contributed by atoms with Gasteiger partial charge >= 0.3 is 0 Å². The maximum absolute atomic E-state index is 11.2. The zero-order valence-electron chi connectivity index (χ0n) is 9.32. The van der Waals surface area contributed by atoms with Gasteiger partial charge in [-0.15, -0.1) is 0 Å². The standard InChI is InChI=1S/C13H11Cl2NO2/c14-6-4-9-7-2-1-3-8(7)12(13(17)18)16-11(9)10(15)5-6/h1-2,4-5,7-8,12,16H,3H2,(H,17,18)/p-1/t7-,8-,12+/m0/s1. The van der Waals surface area contributed by atoms with Crippen LogP contribution in [0.3, 0.4) is 0 Å². The average molecular weight is 283 g/mol. The fourth-order valence-electron chi connectivity index (χ4n) is 2.85. The van der Waals surface area contributed by atoms with Gasteiger partial charge in [-0.3, -0.25) is 0 Å². The average Bonchev–Trinajstić information content (AvgIpc) is 2.76. The Morgan fingerprint density at radius 3 is 2.89 bits per heavy atom. The zero-order valence-corrected chi connectivity index (χ0v) is 10.8. The van der Waals surface area contributed by atoms with Crippen LogP contribution < -0.4 is 10.4 Å². The molecule has 1 N–H and O–H groups in total. The van der Waals surface area contributed by atoms with Gasteiger partial charge in [0.2, 0.25) is 0 Å². The third-order valence-corrected chi connectivity index (χ3v) is 4.16. The molecule has 0 unspecified atom stereocenters. The van der Waals surface area contributed by atoms with Gasteiger partial charge < -0.3 is 15.2 Å². The Hall–Kier alpha value is -1.19. The minimum atomic E-state index is -1.09. The van der Waals surface area contributed by atoms with Crippen molar-refractivity contribution in [3.8, 4) is 0 Å². The fourth-order valence-corrected chi connectivity index (χ4v) is 3.42. The summed E-state index contributed by atoms with van der Waals surface area (Å²) in [6.07, 6.45) is 4.74. The van der Waals surface area contributed by atoms with Crippen LogP contribution in [-0.2, 0) is 4.79 Å². The fraction of sp³-hybridized carbons (Fsp3) is 0.308. The number of nitrogens with one attached hydrogen (secondary N) is 1. The molecule has 1 aliphatic carbocycles. The first-order valence-electron chi connectivity index (χ1n) is 5.71. The number of allylic oxidation sites excluding steroid dienone is 2. The molecule has 0 amide bonds. The summed E-state index contributed by atoms with van der Waals surface area (Å²) in [5, 5.41) is 15.2. The van der Waals surface area contributed by atoms with Crippen molar-refractivity contribution in [3.05, 3.63) is 39.9 Å². The first kappa shape index (κ1) is 11.9. The summed E-state index contributed by atoms with van der Waals surface area (Å²) < 4.78 is 0. The quantitative estimate of drug-likeness (QED) is 0.804. The second kappa shape index (κ2) is 4.18. The van der Waals surface area contributed by atoms with Gasteiger partial charge in [0.05, 0.1) is 22.7 Å². The van der Waals surface area contributed by atoms with E-state index in [2.05, 4.69) is 5.32 Å². The van der Waals surface area contributed by atoms with Crippen LogP contribution in [0.15, 0.2) is 24.3 Å². The smallest absolute Gasteiger partial charge is 0.0699 e. The van der Waals surface area contributed by atoms with E-state index in [1.807, 2.05) is 18.2 Å². The molecule has 3 rings (SSSR count). The van der Waals surface area contributed by atoms with Gasteiger partial charge in [-0.2, -0.15) is 0 Å². The normalized spacial score (nSPS) is 28.4. The van der Waals surface area contributed by atoms with Crippen molar-refractivity contribution in [2.45, 2.75) is 18.4 Å². The van der Waals surface area contributed by atoms with Gasteiger partial charge in [0.1, 0.15) is 0 Å². The predicted molar refractivity (Wildman–Crippen MR) is 68.9 cm³/mol. The molecular formula is C13H10Cl2NO2-. The molecule has 0 aromatic heterocycles. The zero-order chi connectivity index (χ0) is 12.9. The van der Waals surface area contributed by atoms with E-state index in [-0.39, 0.29) is 11.8 Å². The summed E-state index contributed by atoms with van der Waals surface area (Å²) in [5.74, 6) is -1.08. The lowest BCUT2D eigenvalue weighted by Crippen LogP contribution is -2.48. The van der Waals surface area contributed by atoms with Crippen LogP contribution in [0, 0.1) is 5.92 Å². The van der Waals surface area contributed by atoms with Crippen molar-refractivity contribution in [1.29, 1.82) is 0 Å². The number of rotatable bonds is 1. The van der Waals surface area contributed by atoms with Crippen LogP contribution in [0.1, 0.15) is 17.9 Å². The van der Waals surface area contributed by atoms with Gasteiger partial charge in [-0.25, -0.2) is 0 Å². The minimum Gasteiger partial charge on any atom is -0.548 e. The van der Waals surface area contributed by atoms with Crippen LogP contribution in [0.4, 0.5) is 5.69 Å². The molecule has 0 bridgehead atoms. The van der Waals surface area contributed by atoms with E-state index in [1.54, 1.807) is 6.07 Å². The van der Waals surface area contributed by atoms with E-state index >= 15 is 0 Å². The number of fused-ring (bicyclic) bond motifs is 3. The minimum absolute atomic E-state index is 0.0305. The molecule has 1 aliphatic heterocycles. The number of carbonyl (C=O) groups excluding carboxylic acids is 1. The van der Waals surface area contributed by atoms with E-state index in [4.69, 9.17) is 23.2 Å². The maximum atomic E-state index is 11.2. The third-order valence-electron chi connectivity index (χ3n) is 3.64. The maximum Gasteiger partial charge on any atom is 0.0699 e. The van der Waals surface area contributed by atoms with E-state index in [9.17, 15) is 9.90 Å². The summed E-state index contributed by atoms with van der Waals surface area (Å²) in [6.45, 7) is 0. The van der Waals surface area contributed by atoms with Crippen LogP contribution in [-0.4, -0.2) is 12.0 Å². The molecule has 1 aromatic carbocycles. The van der Waals surface area contributed by atoms with Crippen molar-refractivity contribution in [2.24, 2.45) is 5.92 Å². The van der Waals surface area contributed by atoms with Crippen LogP contribution in [0.2, 0.25) is 10.0 Å². The SMILES string of the molecule is O=C([O-])[C@@H]1Nc2c(Cl)cc(Cl)cc2[C@H]2C=CC[C@@H]21. The Bertz CT molecular complexity index is 556. The number of hydrogen-bond acceptors (Lipinski definition) is 3. The molecule has 3 atom stereocenters. The van der Waals surface area contributed by atoms with Crippen LogP contribution >= 0.6 is 23.2 Å². The molecule has 0 saturated carbocycles. The number of halogens is 2. The number of carbonyl (C=O) groups is 1. The molecule has 1 aromatic rings. The number of benzene rings is 1. The molecule has 3 nitrogen and oxygen atoms in total. The van der Waals surface area contributed by atoms with Crippen molar-refractivity contribution < 1.29 is 9.90 Å². The van der Waals surface area contributed by atoms with Gasteiger partial charge in [0, 0.05) is 10.9 Å². The summed E-state index contributed by atoms with van der Waals surface area (Å²) in [4.78, 5) is 11.2. The molecule has 0 spiro atoms. The van der Waals surface area contributed by atoms with E-state index in [0.29, 0.717) is 15.7 Å². The highest BCUT2D eigenvalue weighted by Crippen LogP contribution is 2.47. The number of hydrogen-bond donors (Lipinski definition) is 1. The Labute approximate surface area is 114 Å². The highest BCUT2D eigenvalue weighted by molar-refractivity contribution is 6.36. The summed E-state index contributed by atoms with van der Waals surface area (Å²) in [7, 11) is 0. The van der Waals surface area contributed by atoms with Gasteiger partial charge in [0.15, 0.2) is 0 Å². The molecule has 1 heterocycles. The molecular weight excluding hydrogens is 273 g/mol. The van der Waals surface area contributed by atoms with Crippen molar-refractivity contribution in [2.75, 3.05) is 5.32 Å². The predicted octanol–water partition coefficient (Wildman–Crippen LogP) is 2.20. The monoisotopic (exact) mass is 282 g/mol. The van der Waals surface area contributed by atoms with Crippen molar-refractivity contribution in [1.82, 2.24) is 0 Å². The van der Waals surface area contributed by atoms with Crippen LogP contribution in [0.5, 0.6) is 0 Å². The largest absolute Gasteiger partial charge is 0.548 e. The molecule has 0 saturated heterocycles. The lowest BCUT2D eigenvalue weighted by molar-refractivity contribution is -0.308. The molecule has 0 fully saturated rings. The Morgan fingerprint density at radius 1 is 1.39 bits per heavy atom. The molecule has 5 heteroatoms. The van der Waals surface area contributed by atoms with Gasteiger partial charge in [0.25, 0.3) is 0 Å². The highest BCUT2D eigenvalue weighted by Gasteiger charge is 2.38. The number of aliphatic carboxylic acids is 1. The topological polar surface area (TPSA) is 52.2 Å². The Morgan fingerprint density at radius 2 is 2.17 bits per heavy atom. The Balaban J connectivity index is 2.14. The highest BCUT2D eigenvalue weighted by atomic mass is 35.5. The summed E-state index contributed by atoms with van der Waals surface area (Å²) in [5.41, 5.74) is 1.62. The summed E-state index contributed by atoms with van der Waals surface area (Å²) >= 11 is 12.1.